The summed E-state index contributed by atoms with van der Waals surface area (Å²) in [7, 11) is 1.70. The third-order valence-electron chi connectivity index (χ3n) is 3.09. The lowest BCUT2D eigenvalue weighted by Crippen LogP contribution is -1.91. The molecule has 2 heteroatoms. The molecule has 3 rings (SSSR count). The van der Waals surface area contributed by atoms with Crippen LogP contribution in [0.3, 0.4) is 0 Å². The number of nitrogens with two attached hydrogens (primary N) is 1. The van der Waals surface area contributed by atoms with Gasteiger partial charge in [0.05, 0.1) is 7.11 Å². The van der Waals surface area contributed by atoms with Crippen molar-refractivity contribution < 1.29 is 4.74 Å². The first kappa shape index (κ1) is 9.97. The average molecular weight is 223 g/mol. The van der Waals surface area contributed by atoms with Crippen LogP contribution >= 0.6 is 0 Å². The van der Waals surface area contributed by atoms with Gasteiger partial charge in [0.15, 0.2) is 0 Å². The molecule has 0 atom stereocenters. The summed E-state index contributed by atoms with van der Waals surface area (Å²) in [5, 5.41) is 4.37. The van der Waals surface area contributed by atoms with Gasteiger partial charge in [-0.05, 0) is 17.5 Å². The molecule has 84 valence electrons. The summed E-state index contributed by atoms with van der Waals surface area (Å²) in [6.07, 6.45) is 0. The van der Waals surface area contributed by atoms with Gasteiger partial charge in [-0.15, -0.1) is 0 Å². The molecule has 3 aromatic carbocycles. The second-order valence-electron chi connectivity index (χ2n) is 4.07. The number of nitrogen functional groups attached to an aromatic ring is 1. The van der Waals surface area contributed by atoms with Crippen molar-refractivity contribution in [1.29, 1.82) is 0 Å². The average Bonchev–Trinajstić information content (AvgIpc) is 2.37. The summed E-state index contributed by atoms with van der Waals surface area (Å²) in [5.41, 5.74) is 6.80. The van der Waals surface area contributed by atoms with Gasteiger partial charge in [0, 0.05) is 21.8 Å². The summed E-state index contributed by atoms with van der Waals surface area (Å²) < 4.78 is 5.54. The molecular formula is C15H13NO. The van der Waals surface area contributed by atoms with Crippen LogP contribution in [0.1, 0.15) is 0 Å². The molecule has 0 spiro atoms. The van der Waals surface area contributed by atoms with E-state index >= 15 is 0 Å². The van der Waals surface area contributed by atoms with Crippen molar-refractivity contribution in [1.82, 2.24) is 0 Å². The van der Waals surface area contributed by atoms with Gasteiger partial charge in [-0.25, -0.2) is 0 Å². The van der Waals surface area contributed by atoms with Crippen LogP contribution in [0, 0.1) is 0 Å². The van der Waals surface area contributed by atoms with Crippen LogP contribution in [0.25, 0.3) is 21.5 Å². The lowest BCUT2D eigenvalue weighted by atomic mass is 10.0. The molecule has 2 N–H and O–H groups in total. The molecule has 0 aliphatic heterocycles. The minimum atomic E-state index is 0.784. The molecule has 0 aromatic heterocycles. The predicted molar refractivity (Wildman–Crippen MR) is 72.4 cm³/mol. The smallest absolute Gasteiger partial charge is 0.134 e. The number of rotatable bonds is 1. The third kappa shape index (κ3) is 1.41. The molecule has 2 nitrogen and oxygen atoms in total. The Kier molecular flexibility index (Phi) is 2.15. The highest BCUT2D eigenvalue weighted by atomic mass is 16.5. The van der Waals surface area contributed by atoms with Gasteiger partial charge in [0.25, 0.3) is 0 Å². The van der Waals surface area contributed by atoms with Gasteiger partial charge in [-0.3, -0.25) is 0 Å². The zero-order valence-corrected chi connectivity index (χ0v) is 9.60. The van der Waals surface area contributed by atoms with Crippen molar-refractivity contribution >= 4 is 27.2 Å². The van der Waals surface area contributed by atoms with E-state index in [2.05, 4.69) is 18.2 Å². The first-order valence-corrected chi connectivity index (χ1v) is 5.55. The highest BCUT2D eigenvalue weighted by Gasteiger charge is 2.08. The van der Waals surface area contributed by atoms with Crippen LogP contribution in [0.15, 0.2) is 48.5 Å². The number of ether oxygens (including phenoxy) is 1. The zero-order chi connectivity index (χ0) is 11.8. The Balaban J connectivity index is 2.58. The number of hydrogen-bond acceptors (Lipinski definition) is 2. The van der Waals surface area contributed by atoms with E-state index in [4.69, 9.17) is 10.5 Å². The van der Waals surface area contributed by atoms with E-state index < -0.39 is 0 Å². The fourth-order valence-electron chi connectivity index (χ4n) is 2.29. The van der Waals surface area contributed by atoms with E-state index in [-0.39, 0.29) is 0 Å². The maximum atomic E-state index is 6.02. The minimum Gasteiger partial charge on any atom is -0.495 e. The molecule has 0 saturated carbocycles. The topological polar surface area (TPSA) is 35.2 Å². The van der Waals surface area contributed by atoms with Crippen LogP contribution in [0.5, 0.6) is 5.75 Å². The van der Waals surface area contributed by atoms with Crippen molar-refractivity contribution in [2.45, 2.75) is 0 Å². The SMILES string of the molecule is COc1c2ccccc2cc2c(N)cccc12. The van der Waals surface area contributed by atoms with Crippen LogP contribution in [0.2, 0.25) is 0 Å². The highest BCUT2D eigenvalue weighted by Crippen LogP contribution is 2.36. The molecule has 0 aliphatic carbocycles. The summed E-state index contributed by atoms with van der Waals surface area (Å²) in [4.78, 5) is 0. The molecule has 0 radical (unpaired) electrons. The van der Waals surface area contributed by atoms with E-state index in [0.29, 0.717) is 0 Å². The molecular weight excluding hydrogens is 210 g/mol. The summed E-state index contributed by atoms with van der Waals surface area (Å²) in [6.45, 7) is 0. The first-order valence-electron chi connectivity index (χ1n) is 5.55. The lowest BCUT2D eigenvalue weighted by Gasteiger charge is -2.11. The highest BCUT2D eigenvalue weighted by molar-refractivity contribution is 6.09. The fraction of sp³-hybridized carbons (Fsp3) is 0.0667. The van der Waals surface area contributed by atoms with Crippen molar-refractivity contribution in [2.75, 3.05) is 12.8 Å². The molecule has 0 heterocycles. The molecule has 0 bridgehead atoms. The molecule has 0 saturated heterocycles. The molecule has 0 unspecified atom stereocenters. The molecule has 3 aromatic rings. The Morgan fingerprint density at radius 1 is 0.882 bits per heavy atom. The monoisotopic (exact) mass is 223 g/mol. The molecule has 0 amide bonds. The maximum Gasteiger partial charge on any atom is 0.134 e. The predicted octanol–water partition coefficient (Wildman–Crippen LogP) is 3.58. The Hall–Kier alpha value is -2.22. The van der Waals surface area contributed by atoms with Gasteiger partial charge in [-0.1, -0.05) is 36.4 Å². The second-order valence-corrected chi connectivity index (χ2v) is 4.07. The van der Waals surface area contributed by atoms with Crippen LogP contribution < -0.4 is 10.5 Å². The quantitative estimate of drug-likeness (QED) is 0.505. The molecule has 0 fully saturated rings. The summed E-state index contributed by atoms with van der Waals surface area (Å²) in [6, 6.07) is 16.2. The zero-order valence-electron chi connectivity index (χ0n) is 9.60. The standard InChI is InChI=1S/C15H13NO/c1-17-15-11-6-3-2-5-10(11)9-13-12(15)7-4-8-14(13)16/h2-9H,16H2,1H3. The maximum absolute atomic E-state index is 6.02. The number of methoxy groups -OCH3 is 1. The van der Waals surface area contributed by atoms with Crippen molar-refractivity contribution in [3.05, 3.63) is 48.5 Å². The van der Waals surface area contributed by atoms with E-state index in [0.717, 1.165) is 33.0 Å². The number of anilines is 1. The Morgan fingerprint density at radius 3 is 2.47 bits per heavy atom. The van der Waals surface area contributed by atoms with Crippen LogP contribution in [-0.2, 0) is 0 Å². The number of fused-ring (bicyclic) bond motifs is 2. The van der Waals surface area contributed by atoms with Gasteiger partial charge < -0.3 is 10.5 Å². The Labute approximate surface area is 99.6 Å². The van der Waals surface area contributed by atoms with E-state index in [9.17, 15) is 0 Å². The van der Waals surface area contributed by atoms with E-state index in [1.807, 2.05) is 30.3 Å². The lowest BCUT2D eigenvalue weighted by molar-refractivity contribution is 0.424. The Morgan fingerprint density at radius 2 is 1.65 bits per heavy atom. The number of hydrogen-bond donors (Lipinski definition) is 1. The first-order chi connectivity index (χ1) is 8.31. The van der Waals surface area contributed by atoms with Gasteiger partial charge in [0.2, 0.25) is 0 Å². The third-order valence-corrected chi connectivity index (χ3v) is 3.09. The Bertz CT molecular complexity index is 704. The number of benzene rings is 3. The van der Waals surface area contributed by atoms with Crippen molar-refractivity contribution in [2.24, 2.45) is 0 Å². The largest absolute Gasteiger partial charge is 0.495 e. The van der Waals surface area contributed by atoms with Crippen molar-refractivity contribution in [3.8, 4) is 5.75 Å². The normalized spacial score (nSPS) is 10.9. The van der Waals surface area contributed by atoms with Crippen LogP contribution in [0.4, 0.5) is 5.69 Å². The van der Waals surface area contributed by atoms with Gasteiger partial charge in [-0.2, -0.15) is 0 Å². The summed E-state index contributed by atoms with van der Waals surface area (Å²) >= 11 is 0. The van der Waals surface area contributed by atoms with Gasteiger partial charge in [0.1, 0.15) is 5.75 Å². The second kappa shape index (κ2) is 3.67. The molecule has 17 heavy (non-hydrogen) atoms. The van der Waals surface area contributed by atoms with Gasteiger partial charge >= 0.3 is 0 Å². The van der Waals surface area contributed by atoms with E-state index in [1.54, 1.807) is 7.11 Å². The fourth-order valence-corrected chi connectivity index (χ4v) is 2.29. The minimum absolute atomic E-state index is 0.784. The van der Waals surface area contributed by atoms with Crippen LogP contribution in [-0.4, -0.2) is 7.11 Å². The van der Waals surface area contributed by atoms with E-state index in [1.165, 1.54) is 0 Å². The van der Waals surface area contributed by atoms with Crippen molar-refractivity contribution in [3.63, 3.8) is 0 Å². The molecule has 0 aliphatic rings. The summed E-state index contributed by atoms with van der Waals surface area (Å²) in [5.74, 6) is 0.894.